The minimum Gasteiger partial charge on any atom is -0.346 e. The van der Waals surface area contributed by atoms with Crippen molar-refractivity contribution in [1.29, 1.82) is 0 Å². The van der Waals surface area contributed by atoms with Crippen molar-refractivity contribution in [3.05, 3.63) is 56.1 Å². The van der Waals surface area contributed by atoms with Crippen LogP contribution in [0.3, 0.4) is 0 Å². The first-order chi connectivity index (χ1) is 10.2. The number of halogens is 1. The van der Waals surface area contributed by atoms with Gasteiger partial charge in [-0.2, -0.15) is 0 Å². The summed E-state index contributed by atoms with van der Waals surface area (Å²) >= 11 is 6.58. The average molecular weight is 379 g/mol. The first-order valence-corrected chi connectivity index (χ1v) is 8.69. The van der Waals surface area contributed by atoms with Gasteiger partial charge in [-0.3, -0.25) is 4.79 Å². The summed E-state index contributed by atoms with van der Waals surface area (Å²) in [5, 5.41) is 3.77. The molecule has 0 unspecified atom stereocenters. The zero-order valence-corrected chi connectivity index (χ0v) is 14.1. The van der Waals surface area contributed by atoms with Crippen molar-refractivity contribution in [3.8, 4) is 0 Å². The van der Waals surface area contributed by atoms with E-state index >= 15 is 0 Å². The second kappa shape index (κ2) is 6.51. The first kappa shape index (κ1) is 14.4. The smallest absolute Gasteiger partial charge is 0.244 e. The van der Waals surface area contributed by atoms with Crippen molar-refractivity contribution >= 4 is 60.8 Å². The van der Waals surface area contributed by atoms with Gasteiger partial charge in [-0.05, 0) is 46.3 Å². The molecule has 106 valence electrons. The molecular formula is C15H11BrN2OS2. The molecule has 0 saturated heterocycles. The van der Waals surface area contributed by atoms with Crippen LogP contribution in [0.2, 0.25) is 0 Å². The molecule has 0 aliphatic rings. The molecule has 0 radical (unpaired) electrons. The number of thiazole rings is 1. The fourth-order valence-corrected chi connectivity index (χ4v) is 4.03. The first-order valence-electron chi connectivity index (χ1n) is 6.26. The Labute approximate surface area is 138 Å². The van der Waals surface area contributed by atoms with Crippen molar-refractivity contribution in [2.45, 2.75) is 6.54 Å². The molecule has 1 amide bonds. The molecule has 0 fully saturated rings. The second-order valence-corrected chi connectivity index (χ2v) is 7.88. The maximum absolute atomic E-state index is 11.8. The lowest BCUT2D eigenvalue weighted by molar-refractivity contribution is -0.116. The Bertz CT molecular complexity index is 774. The Morgan fingerprint density at radius 2 is 2.10 bits per heavy atom. The summed E-state index contributed by atoms with van der Waals surface area (Å²) in [7, 11) is 0. The van der Waals surface area contributed by atoms with Gasteiger partial charge in [0, 0.05) is 11.0 Å². The van der Waals surface area contributed by atoms with Gasteiger partial charge in [-0.15, -0.1) is 22.7 Å². The third-order valence-corrected chi connectivity index (χ3v) is 5.37. The standard InChI is InChI=1S/C15H11BrN2OS2/c16-13-7-5-10(20-13)6-8-14(19)17-9-15-18-11-3-1-2-4-12(11)21-15/h1-8H,9H2,(H,17,19)/b8-6+. The highest BCUT2D eigenvalue weighted by Gasteiger charge is 2.04. The van der Waals surface area contributed by atoms with Gasteiger partial charge in [0.05, 0.1) is 20.5 Å². The van der Waals surface area contributed by atoms with E-state index in [1.807, 2.05) is 42.5 Å². The molecule has 3 rings (SSSR count). The molecule has 0 aliphatic heterocycles. The summed E-state index contributed by atoms with van der Waals surface area (Å²) in [5.74, 6) is -0.112. The molecule has 0 saturated carbocycles. The van der Waals surface area contributed by atoms with Crippen LogP contribution in [0.15, 0.2) is 46.3 Å². The molecule has 6 heteroatoms. The van der Waals surface area contributed by atoms with Crippen LogP contribution in [0, 0.1) is 0 Å². The highest BCUT2D eigenvalue weighted by atomic mass is 79.9. The second-order valence-electron chi connectivity index (χ2n) is 4.27. The number of fused-ring (bicyclic) bond motifs is 1. The summed E-state index contributed by atoms with van der Waals surface area (Å²) in [6, 6.07) is 11.9. The topological polar surface area (TPSA) is 42.0 Å². The van der Waals surface area contributed by atoms with Gasteiger partial charge in [0.2, 0.25) is 5.91 Å². The number of hydrogen-bond donors (Lipinski definition) is 1. The SMILES string of the molecule is O=C(/C=C/c1ccc(Br)s1)NCc1nc2ccccc2s1. The van der Waals surface area contributed by atoms with Gasteiger partial charge in [-0.25, -0.2) is 4.98 Å². The van der Waals surface area contributed by atoms with Gasteiger partial charge in [0.25, 0.3) is 0 Å². The summed E-state index contributed by atoms with van der Waals surface area (Å²) in [5.41, 5.74) is 0.978. The van der Waals surface area contributed by atoms with Crippen molar-refractivity contribution in [2.24, 2.45) is 0 Å². The number of hydrogen-bond acceptors (Lipinski definition) is 4. The molecule has 0 atom stereocenters. The zero-order valence-electron chi connectivity index (χ0n) is 10.9. The molecule has 1 N–H and O–H groups in total. The van der Waals surface area contributed by atoms with Gasteiger partial charge in [-0.1, -0.05) is 12.1 Å². The van der Waals surface area contributed by atoms with E-state index in [9.17, 15) is 4.79 Å². The van der Waals surface area contributed by atoms with E-state index in [0.717, 1.165) is 23.9 Å². The van der Waals surface area contributed by atoms with Gasteiger partial charge in [0.1, 0.15) is 5.01 Å². The van der Waals surface area contributed by atoms with Crippen molar-refractivity contribution < 1.29 is 4.79 Å². The Kier molecular flexibility index (Phi) is 4.48. The van der Waals surface area contributed by atoms with E-state index in [0.29, 0.717) is 6.54 Å². The Hall–Kier alpha value is -1.50. The van der Waals surface area contributed by atoms with Gasteiger partial charge in [0.15, 0.2) is 0 Å². The minimum absolute atomic E-state index is 0.112. The molecule has 2 heterocycles. The number of aromatic nitrogens is 1. The zero-order chi connectivity index (χ0) is 14.7. The van der Waals surface area contributed by atoms with Crippen LogP contribution < -0.4 is 5.32 Å². The molecular weight excluding hydrogens is 368 g/mol. The number of carbonyl (C=O) groups excluding carboxylic acids is 1. The Morgan fingerprint density at radius 1 is 1.24 bits per heavy atom. The van der Waals surface area contributed by atoms with Crippen molar-refractivity contribution in [2.75, 3.05) is 0 Å². The lowest BCUT2D eigenvalue weighted by Crippen LogP contribution is -2.19. The number of nitrogens with one attached hydrogen (secondary N) is 1. The van der Waals surface area contributed by atoms with E-state index in [4.69, 9.17) is 0 Å². The number of benzene rings is 1. The fourth-order valence-electron chi connectivity index (χ4n) is 1.79. The van der Waals surface area contributed by atoms with Gasteiger partial charge < -0.3 is 5.32 Å². The third-order valence-electron chi connectivity index (χ3n) is 2.74. The lowest BCUT2D eigenvalue weighted by Gasteiger charge is -1.97. The van der Waals surface area contributed by atoms with E-state index in [1.165, 1.54) is 0 Å². The number of thiophene rings is 1. The monoisotopic (exact) mass is 378 g/mol. The predicted molar refractivity (Wildman–Crippen MR) is 92.5 cm³/mol. The largest absolute Gasteiger partial charge is 0.346 e. The number of carbonyl (C=O) groups is 1. The summed E-state index contributed by atoms with van der Waals surface area (Å²) in [6.07, 6.45) is 3.36. The minimum atomic E-state index is -0.112. The molecule has 2 aromatic heterocycles. The van der Waals surface area contributed by atoms with E-state index in [1.54, 1.807) is 28.7 Å². The Morgan fingerprint density at radius 3 is 2.86 bits per heavy atom. The molecule has 0 bridgehead atoms. The van der Waals surface area contributed by atoms with Crippen LogP contribution >= 0.6 is 38.6 Å². The number of para-hydroxylation sites is 1. The van der Waals surface area contributed by atoms with Crippen LogP contribution in [0.25, 0.3) is 16.3 Å². The normalized spacial score (nSPS) is 11.3. The maximum atomic E-state index is 11.8. The fraction of sp³-hybridized carbons (Fsp3) is 0.0667. The molecule has 1 aromatic carbocycles. The van der Waals surface area contributed by atoms with E-state index in [2.05, 4.69) is 26.2 Å². The van der Waals surface area contributed by atoms with Crippen LogP contribution in [0.1, 0.15) is 9.88 Å². The molecule has 0 aliphatic carbocycles. The maximum Gasteiger partial charge on any atom is 0.244 e. The molecule has 3 aromatic rings. The highest BCUT2D eigenvalue weighted by Crippen LogP contribution is 2.23. The van der Waals surface area contributed by atoms with Crippen LogP contribution in [-0.4, -0.2) is 10.9 Å². The number of rotatable bonds is 4. The van der Waals surface area contributed by atoms with E-state index < -0.39 is 0 Å². The average Bonchev–Trinajstić information content (AvgIpc) is 3.08. The van der Waals surface area contributed by atoms with Crippen molar-refractivity contribution in [1.82, 2.24) is 10.3 Å². The predicted octanol–water partition coefficient (Wildman–Crippen LogP) is 4.45. The van der Waals surface area contributed by atoms with Crippen LogP contribution in [0.4, 0.5) is 0 Å². The van der Waals surface area contributed by atoms with E-state index in [-0.39, 0.29) is 5.91 Å². The number of nitrogens with zero attached hydrogens (tertiary/aromatic N) is 1. The summed E-state index contributed by atoms with van der Waals surface area (Å²) < 4.78 is 2.19. The van der Waals surface area contributed by atoms with Crippen LogP contribution in [-0.2, 0) is 11.3 Å². The quantitative estimate of drug-likeness (QED) is 0.681. The molecule has 0 spiro atoms. The summed E-state index contributed by atoms with van der Waals surface area (Å²) in [6.45, 7) is 0.455. The highest BCUT2D eigenvalue weighted by molar-refractivity contribution is 9.11. The van der Waals surface area contributed by atoms with Crippen LogP contribution in [0.5, 0.6) is 0 Å². The Balaban J connectivity index is 1.59. The van der Waals surface area contributed by atoms with Gasteiger partial charge >= 0.3 is 0 Å². The lowest BCUT2D eigenvalue weighted by atomic mass is 10.3. The molecule has 3 nitrogen and oxygen atoms in total. The third kappa shape index (κ3) is 3.78. The number of amides is 1. The summed E-state index contributed by atoms with van der Waals surface area (Å²) in [4.78, 5) is 17.3. The molecule has 21 heavy (non-hydrogen) atoms. The van der Waals surface area contributed by atoms with Crippen molar-refractivity contribution in [3.63, 3.8) is 0 Å².